The van der Waals surface area contributed by atoms with E-state index in [4.69, 9.17) is 5.10 Å². The van der Waals surface area contributed by atoms with Crippen LogP contribution in [0.4, 0.5) is 5.69 Å². The molecule has 28 heavy (non-hydrogen) atoms. The molecule has 0 unspecified atom stereocenters. The fraction of sp³-hybridized carbons (Fsp3) is 0.318. The molecule has 0 bridgehead atoms. The zero-order chi connectivity index (χ0) is 19.9. The normalized spacial score (nSPS) is 26.8. The molecule has 2 aromatic rings. The first-order valence-corrected chi connectivity index (χ1v) is 11.1. The van der Waals surface area contributed by atoms with Crippen LogP contribution in [0, 0.1) is 11.3 Å². The lowest BCUT2D eigenvalue weighted by Crippen LogP contribution is -2.46. The van der Waals surface area contributed by atoms with Crippen LogP contribution in [0.25, 0.3) is 0 Å². The van der Waals surface area contributed by atoms with E-state index in [1.807, 2.05) is 49.4 Å². The average Bonchev–Trinajstić information content (AvgIpc) is 3.17. The molecule has 3 atom stereocenters. The van der Waals surface area contributed by atoms with E-state index in [0.717, 1.165) is 27.2 Å². The summed E-state index contributed by atoms with van der Waals surface area (Å²) >= 11 is 5.24. The Kier molecular flexibility index (Phi) is 5.19. The summed E-state index contributed by atoms with van der Waals surface area (Å²) in [6, 6.07) is 17.6. The van der Waals surface area contributed by atoms with Crippen LogP contribution in [0.5, 0.6) is 0 Å². The number of benzene rings is 2. The molecule has 1 saturated heterocycles. The lowest BCUT2D eigenvalue weighted by atomic mass is 9.67. The number of rotatable bonds is 4. The van der Waals surface area contributed by atoms with E-state index in [9.17, 15) is 9.59 Å². The number of amides is 1. The molecule has 6 heteroatoms. The molecule has 1 amide bonds. The van der Waals surface area contributed by atoms with Gasteiger partial charge in [-0.15, -0.1) is 0 Å². The van der Waals surface area contributed by atoms with E-state index in [1.54, 1.807) is 18.7 Å². The maximum Gasteiger partial charge on any atom is 0.261 e. The maximum absolute atomic E-state index is 13.9. The number of carbonyl (C=O) groups excluding carboxylic acids is 2. The number of nitrogens with zero attached hydrogens (tertiary/aromatic N) is 2. The van der Waals surface area contributed by atoms with Gasteiger partial charge in [-0.25, -0.2) is 0 Å². The molecule has 0 N–H and O–H groups in total. The first kappa shape index (κ1) is 19.4. The molecule has 4 nitrogen and oxygen atoms in total. The Labute approximate surface area is 177 Å². The molecule has 1 spiro atoms. The topological polar surface area (TPSA) is 49.7 Å². The third kappa shape index (κ3) is 3.03. The van der Waals surface area contributed by atoms with E-state index in [-0.39, 0.29) is 22.9 Å². The summed E-state index contributed by atoms with van der Waals surface area (Å²) in [6.45, 7) is 3.54. The largest absolute Gasteiger partial charge is 0.300 e. The number of hydrogen-bond donors (Lipinski definition) is 0. The fourth-order valence-electron chi connectivity index (χ4n) is 4.38. The monoisotopic (exact) mass is 456 g/mol. The second-order valence-electron chi connectivity index (χ2n) is 7.37. The van der Waals surface area contributed by atoms with Crippen LogP contribution in [0.1, 0.15) is 31.1 Å². The van der Waals surface area contributed by atoms with E-state index in [1.165, 1.54) is 5.01 Å². The Morgan fingerprint density at radius 2 is 1.89 bits per heavy atom. The molecule has 2 aromatic carbocycles. The van der Waals surface area contributed by atoms with Crippen molar-refractivity contribution in [3.05, 3.63) is 64.6 Å². The summed E-state index contributed by atoms with van der Waals surface area (Å²) in [5.41, 5.74) is 1.86. The van der Waals surface area contributed by atoms with Crippen LogP contribution < -0.4 is 5.01 Å². The molecule has 0 saturated carbocycles. The van der Waals surface area contributed by atoms with Gasteiger partial charge < -0.3 is 4.79 Å². The van der Waals surface area contributed by atoms with Crippen molar-refractivity contribution in [1.29, 1.82) is 0 Å². The number of para-hydroxylation sites is 1. The van der Waals surface area contributed by atoms with Gasteiger partial charge in [0.2, 0.25) is 0 Å². The number of halogens is 1. The Morgan fingerprint density at radius 3 is 2.54 bits per heavy atom. The Morgan fingerprint density at radius 1 is 1.21 bits per heavy atom. The summed E-state index contributed by atoms with van der Waals surface area (Å²) in [5, 5.41) is 6.16. The molecule has 2 aliphatic heterocycles. The van der Waals surface area contributed by atoms with Gasteiger partial charge in [0.25, 0.3) is 5.91 Å². The van der Waals surface area contributed by atoms with Crippen molar-refractivity contribution in [2.24, 2.45) is 16.4 Å². The molecule has 4 rings (SSSR count). The zero-order valence-electron chi connectivity index (χ0n) is 15.8. The number of carbonyl (C=O) groups is 2. The quantitative estimate of drug-likeness (QED) is 0.631. The predicted molar refractivity (Wildman–Crippen MR) is 118 cm³/mol. The highest BCUT2D eigenvalue weighted by Gasteiger charge is 2.63. The van der Waals surface area contributed by atoms with Gasteiger partial charge in [-0.05, 0) is 55.3 Å². The van der Waals surface area contributed by atoms with E-state index < -0.39 is 5.41 Å². The van der Waals surface area contributed by atoms with Gasteiger partial charge in [0, 0.05) is 16.1 Å². The molecule has 0 radical (unpaired) electrons. The first-order chi connectivity index (χ1) is 13.4. The Bertz CT molecular complexity index is 945. The number of thioether (sulfide) groups is 1. The summed E-state index contributed by atoms with van der Waals surface area (Å²) < 4.78 is 1.00. The number of Topliss-reactive ketones (excluding diaryl/α,β-unsaturated/α-hetero) is 1. The molecule has 2 aliphatic rings. The summed E-state index contributed by atoms with van der Waals surface area (Å²) in [5.74, 6) is 0.788. The van der Waals surface area contributed by atoms with Crippen LogP contribution in [0.3, 0.4) is 0 Å². The van der Waals surface area contributed by atoms with Gasteiger partial charge in [0.05, 0.1) is 11.4 Å². The highest BCUT2D eigenvalue weighted by atomic mass is 79.9. The van der Waals surface area contributed by atoms with Gasteiger partial charge in [0.15, 0.2) is 0 Å². The average molecular weight is 457 g/mol. The van der Waals surface area contributed by atoms with Crippen LogP contribution in [-0.2, 0) is 9.59 Å². The Hall–Kier alpha value is -1.92. The van der Waals surface area contributed by atoms with Crippen molar-refractivity contribution in [1.82, 2.24) is 0 Å². The van der Waals surface area contributed by atoms with Gasteiger partial charge in [0.1, 0.15) is 11.2 Å². The van der Waals surface area contributed by atoms with Crippen molar-refractivity contribution in [2.45, 2.75) is 25.5 Å². The third-order valence-electron chi connectivity index (χ3n) is 5.62. The van der Waals surface area contributed by atoms with E-state index in [2.05, 4.69) is 28.1 Å². The first-order valence-electron chi connectivity index (χ1n) is 9.26. The standard InChI is InChI=1S/C22H21BrN2O2S/c1-14(26)12-17-13-28-20(16-8-10-18(23)11-9-16)22(17)15(2)24-25(21(22)27)19-6-4-3-5-7-19/h3-11,17,20H,12-13H2,1-2H3/t17-,20-,22+/m0/s1. The summed E-state index contributed by atoms with van der Waals surface area (Å²) in [7, 11) is 0. The maximum atomic E-state index is 13.9. The minimum Gasteiger partial charge on any atom is -0.300 e. The second kappa shape index (κ2) is 7.48. The van der Waals surface area contributed by atoms with Crippen LogP contribution in [0.15, 0.2) is 64.2 Å². The molecular weight excluding hydrogens is 436 g/mol. The minimum atomic E-state index is -0.792. The van der Waals surface area contributed by atoms with Gasteiger partial charge in [-0.2, -0.15) is 21.9 Å². The summed E-state index contributed by atoms with van der Waals surface area (Å²) in [4.78, 5) is 25.9. The summed E-state index contributed by atoms with van der Waals surface area (Å²) in [6.07, 6.45) is 0.390. The van der Waals surface area contributed by atoms with Crippen LogP contribution in [0.2, 0.25) is 0 Å². The molecule has 0 aliphatic carbocycles. The number of hydrogen-bond acceptors (Lipinski definition) is 4. The van der Waals surface area contributed by atoms with Crippen molar-refractivity contribution in [3.8, 4) is 0 Å². The smallest absolute Gasteiger partial charge is 0.261 e. The van der Waals surface area contributed by atoms with Crippen LogP contribution in [-0.4, -0.2) is 23.2 Å². The second-order valence-corrected chi connectivity index (χ2v) is 9.43. The van der Waals surface area contributed by atoms with Crippen molar-refractivity contribution >= 4 is 50.8 Å². The fourth-order valence-corrected chi connectivity index (χ4v) is 6.52. The lowest BCUT2D eigenvalue weighted by Gasteiger charge is -2.34. The molecule has 144 valence electrons. The van der Waals surface area contributed by atoms with E-state index >= 15 is 0 Å². The molecule has 2 heterocycles. The highest BCUT2D eigenvalue weighted by Crippen LogP contribution is 2.61. The zero-order valence-corrected chi connectivity index (χ0v) is 18.2. The number of anilines is 1. The number of ketones is 1. The van der Waals surface area contributed by atoms with Crippen molar-refractivity contribution < 1.29 is 9.59 Å². The third-order valence-corrected chi connectivity index (χ3v) is 7.72. The highest BCUT2D eigenvalue weighted by molar-refractivity contribution is 9.10. The van der Waals surface area contributed by atoms with Gasteiger partial charge in [-0.3, -0.25) is 4.79 Å². The molecular formula is C22H21BrN2O2S. The van der Waals surface area contributed by atoms with E-state index in [0.29, 0.717) is 6.42 Å². The molecule has 1 fully saturated rings. The minimum absolute atomic E-state index is 0.0274. The lowest BCUT2D eigenvalue weighted by molar-refractivity contribution is -0.126. The number of hydrazone groups is 1. The predicted octanol–water partition coefficient (Wildman–Crippen LogP) is 5.24. The van der Waals surface area contributed by atoms with Crippen molar-refractivity contribution in [2.75, 3.05) is 10.8 Å². The van der Waals surface area contributed by atoms with Gasteiger partial charge >= 0.3 is 0 Å². The SMILES string of the molecule is CC(=O)C[C@H]1CS[C@@H](c2ccc(Br)cc2)[C@]12C(=O)N(c1ccccc1)N=C2C. The Balaban J connectivity index is 1.82. The van der Waals surface area contributed by atoms with Gasteiger partial charge in [-0.1, -0.05) is 46.3 Å². The van der Waals surface area contributed by atoms with Crippen molar-refractivity contribution in [3.63, 3.8) is 0 Å². The van der Waals surface area contributed by atoms with Crippen LogP contribution >= 0.6 is 27.7 Å². The molecule has 0 aromatic heterocycles.